The largest absolute Gasteiger partial charge is 0.484 e. The summed E-state index contributed by atoms with van der Waals surface area (Å²) in [6, 6.07) is 4.32. The highest BCUT2D eigenvalue weighted by Crippen LogP contribution is 2.49. The standard InChI is InChI=1S/C21H28ClFN4O3/c1-27-9-14(25-11-27)8-24-21(29)16-7-19(13-4-12(16)5-13)26-20(28)10-30-15-2-3-17(22)18(23)6-15/h2-3,6,12-14,16,19,25H,4-5,7-11H2,1H3,(H,24,29)(H,26,28)/t12?,13?,14?,16?,19-/m0/s1. The molecule has 4 aliphatic rings. The Bertz CT molecular complexity index is 804. The van der Waals surface area contributed by atoms with Gasteiger partial charge in [-0.1, -0.05) is 11.6 Å². The molecule has 1 aliphatic heterocycles. The number of nitrogens with zero attached hydrogens (tertiary/aromatic N) is 1. The number of carbonyl (C=O) groups is 2. The van der Waals surface area contributed by atoms with Gasteiger partial charge in [0, 0.05) is 43.8 Å². The van der Waals surface area contributed by atoms with Crippen LogP contribution in [0.3, 0.4) is 0 Å². The van der Waals surface area contributed by atoms with Gasteiger partial charge in [0.1, 0.15) is 11.6 Å². The molecular weight excluding hydrogens is 411 g/mol. The zero-order valence-corrected chi connectivity index (χ0v) is 17.8. The van der Waals surface area contributed by atoms with Gasteiger partial charge in [-0.2, -0.15) is 0 Å². The molecular formula is C21H28ClFN4O3. The summed E-state index contributed by atoms with van der Waals surface area (Å²) < 4.78 is 18.8. The van der Waals surface area contributed by atoms with E-state index < -0.39 is 5.82 Å². The van der Waals surface area contributed by atoms with Gasteiger partial charge in [-0.25, -0.2) is 4.39 Å². The number of ether oxygens (including phenoxy) is 1. The van der Waals surface area contributed by atoms with E-state index in [1.54, 1.807) is 0 Å². The Kier molecular flexibility index (Phi) is 6.46. The molecule has 0 radical (unpaired) electrons. The van der Waals surface area contributed by atoms with Crippen LogP contribution in [-0.2, 0) is 9.59 Å². The number of halogens is 2. The first-order valence-corrected chi connectivity index (χ1v) is 10.8. The molecule has 0 spiro atoms. The molecule has 9 heteroatoms. The number of hydrogen-bond donors (Lipinski definition) is 3. The van der Waals surface area contributed by atoms with E-state index in [-0.39, 0.29) is 47.2 Å². The van der Waals surface area contributed by atoms with E-state index in [4.69, 9.17) is 16.3 Å². The summed E-state index contributed by atoms with van der Waals surface area (Å²) >= 11 is 5.65. The van der Waals surface area contributed by atoms with Gasteiger partial charge in [-0.05, 0) is 50.3 Å². The maximum atomic E-state index is 13.5. The van der Waals surface area contributed by atoms with Crippen LogP contribution in [0.2, 0.25) is 5.02 Å². The second-order valence-corrected chi connectivity index (χ2v) is 9.12. The van der Waals surface area contributed by atoms with Crippen LogP contribution in [0.5, 0.6) is 5.75 Å². The third-order valence-corrected chi connectivity index (χ3v) is 6.81. The molecule has 1 aromatic carbocycles. The molecule has 0 aromatic heterocycles. The predicted octanol–water partition coefficient (Wildman–Crippen LogP) is 1.37. The summed E-state index contributed by atoms with van der Waals surface area (Å²) in [5, 5.41) is 9.47. The monoisotopic (exact) mass is 438 g/mol. The minimum Gasteiger partial charge on any atom is -0.484 e. The predicted molar refractivity (Wildman–Crippen MR) is 111 cm³/mol. The van der Waals surface area contributed by atoms with Crippen LogP contribution in [0.1, 0.15) is 19.3 Å². The van der Waals surface area contributed by atoms with Crippen LogP contribution in [-0.4, -0.2) is 62.2 Å². The zero-order chi connectivity index (χ0) is 21.3. The molecule has 3 saturated carbocycles. The Labute approximate surface area is 180 Å². The summed E-state index contributed by atoms with van der Waals surface area (Å²) in [5.41, 5.74) is 0. The molecule has 5 rings (SSSR count). The molecule has 3 aliphatic carbocycles. The second kappa shape index (κ2) is 9.08. The first-order chi connectivity index (χ1) is 14.4. The smallest absolute Gasteiger partial charge is 0.258 e. The Hall–Kier alpha value is -1.90. The molecule has 1 saturated heterocycles. The van der Waals surface area contributed by atoms with Gasteiger partial charge >= 0.3 is 0 Å². The van der Waals surface area contributed by atoms with Crippen molar-refractivity contribution in [3.63, 3.8) is 0 Å². The van der Waals surface area contributed by atoms with Crippen molar-refractivity contribution in [1.29, 1.82) is 0 Å². The fourth-order valence-corrected chi connectivity index (χ4v) is 4.89. The zero-order valence-electron chi connectivity index (χ0n) is 17.0. The van der Waals surface area contributed by atoms with E-state index in [1.165, 1.54) is 12.1 Å². The van der Waals surface area contributed by atoms with Gasteiger partial charge in [-0.15, -0.1) is 0 Å². The molecule has 2 bridgehead atoms. The lowest BCUT2D eigenvalue weighted by atomic mass is 9.57. The van der Waals surface area contributed by atoms with Crippen LogP contribution in [0.25, 0.3) is 0 Å². The van der Waals surface area contributed by atoms with Crippen LogP contribution in [0.4, 0.5) is 4.39 Å². The molecule has 2 amide bonds. The molecule has 1 heterocycles. The van der Waals surface area contributed by atoms with E-state index in [0.29, 0.717) is 24.8 Å². The third-order valence-electron chi connectivity index (χ3n) is 6.51. The van der Waals surface area contributed by atoms with Crippen molar-refractivity contribution in [2.45, 2.75) is 31.3 Å². The lowest BCUT2D eigenvalue weighted by Gasteiger charge is -2.50. The average Bonchev–Trinajstić information content (AvgIpc) is 3.11. The molecule has 3 N–H and O–H groups in total. The summed E-state index contributed by atoms with van der Waals surface area (Å²) in [5.74, 6) is 0.251. The van der Waals surface area contributed by atoms with E-state index >= 15 is 0 Å². The quantitative estimate of drug-likeness (QED) is 0.599. The van der Waals surface area contributed by atoms with Crippen LogP contribution < -0.4 is 20.7 Å². The van der Waals surface area contributed by atoms with Crippen LogP contribution >= 0.6 is 11.6 Å². The molecule has 7 nitrogen and oxygen atoms in total. The summed E-state index contributed by atoms with van der Waals surface area (Å²) in [6.07, 6.45) is 2.59. The van der Waals surface area contributed by atoms with Gasteiger partial charge in [0.05, 0.1) is 5.02 Å². The van der Waals surface area contributed by atoms with Gasteiger partial charge < -0.3 is 15.4 Å². The van der Waals surface area contributed by atoms with Crippen molar-refractivity contribution in [3.05, 3.63) is 29.0 Å². The first kappa shape index (κ1) is 21.3. The highest BCUT2D eigenvalue weighted by Gasteiger charge is 2.48. The minimum absolute atomic E-state index is 0.00796. The fraction of sp³-hybridized carbons (Fsp3) is 0.619. The van der Waals surface area contributed by atoms with Gasteiger partial charge in [0.25, 0.3) is 5.91 Å². The number of rotatable bonds is 7. The summed E-state index contributed by atoms with van der Waals surface area (Å²) in [4.78, 5) is 27.3. The average molecular weight is 439 g/mol. The summed E-state index contributed by atoms with van der Waals surface area (Å²) in [7, 11) is 2.05. The lowest BCUT2D eigenvalue weighted by Crippen LogP contribution is -2.57. The Balaban J connectivity index is 1.24. The molecule has 3 atom stereocenters. The van der Waals surface area contributed by atoms with Crippen molar-refractivity contribution in [2.75, 3.05) is 33.4 Å². The van der Waals surface area contributed by atoms with Crippen molar-refractivity contribution in [2.24, 2.45) is 17.8 Å². The number of benzene rings is 1. The SMILES string of the molecule is CN1CNC(CNC(=O)C2C[C@H](NC(=O)COc3ccc(Cl)c(F)c3)C3CC2C3)C1. The van der Waals surface area contributed by atoms with Gasteiger partial charge in [0.2, 0.25) is 5.91 Å². The van der Waals surface area contributed by atoms with Crippen LogP contribution in [0, 0.1) is 23.6 Å². The maximum absolute atomic E-state index is 13.5. The third kappa shape index (κ3) is 4.87. The van der Waals surface area contributed by atoms with Gasteiger partial charge in [-0.3, -0.25) is 19.8 Å². The molecule has 164 valence electrons. The van der Waals surface area contributed by atoms with E-state index in [9.17, 15) is 14.0 Å². The Morgan fingerprint density at radius 3 is 2.80 bits per heavy atom. The molecule has 1 aromatic rings. The van der Waals surface area contributed by atoms with E-state index in [2.05, 4.69) is 20.9 Å². The second-order valence-electron chi connectivity index (χ2n) is 8.72. The lowest BCUT2D eigenvalue weighted by molar-refractivity contribution is -0.136. The summed E-state index contributed by atoms with van der Waals surface area (Å²) in [6.45, 7) is 2.18. The Morgan fingerprint density at radius 2 is 2.10 bits per heavy atom. The highest BCUT2D eigenvalue weighted by molar-refractivity contribution is 6.30. The van der Waals surface area contributed by atoms with Crippen molar-refractivity contribution in [1.82, 2.24) is 20.9 Å². The Morgan fingerprint density at radius 1 is 1.30 bits per heavy atom. The van der Waals surface area contributed by atoms with E-state index in [0.717, 1.165) is 32.1 Å². The number of carbonyl (C=O) groups excluding carboxylic acids is 2. The normalized spacial score (nSPS) is 30.4. The molecule has 2 unspecified atom stereocenters. The number of nitrogens with one attached hydrogen (secondary N) is 3. The molecule has 30 heavy (non-hydrogen) atoms. The van der Waals surface area contributed by atoms with Crippen molar-refractivity contribution >= 4 is 23.4 Å². The number of likely N-dealkylation sites (N-methyl/N-ethyl adjacent to an activating group) is 1. The topological polar surface area (TPSA) is 82.7 Å². The van der Waals surface area contributed by atoms with Crippen LogP contribution in [0.15, 0.2) is 18.2 Å². The minimum atomic E-state index is -0.587. The number of fused-ring (bicyclic) bond motifs is 2. The van der Waals surface area contributed by atoms with Gasteiger partial charge in [0.15, 0.2) is 6.61 Å². The van der Waals surface area contributed by atoms with Crippen molar-refractivity contribution in [3.8, 4) is 5.75 Å². The first-order valence-electron chi connectivity index (χ1n) is 10.5. The fourth-order valence-electron chi connectivity index (χ4n) is 4.77. The van der Waals surface area contributed by atoms with Crippen molar-refractivity contribution < 1.29 is 18.7 Å². The van der Waals surface area contributed by atoms with E-state index in [1.807, 2.05) is 7.05 Å². The number of amides is 2. The molecule has 4 fully saturated rings. The maximum Gasteiger partial charge on any atom is 0.258 e. The highest BCUT2D eigenvalue weighted by atomic mass is 35.5. The number of hydrogen-bond acceptors (Lipinski definition) is 5.